The molecule has 0 aliphatic rings. The molecule has 11 heavy (non-hydrogen) atoms. The SMILES string of the molecule is [Na+].[Na+].[O-]C(=S)CC(O)C([O-])=S. The molecule has 0 aromatic heterocycles. The molecular weight excluding hydrogens is 206 g/mol. The molecule has 0 fully saturated rings. The van der Waals surface area contributed by atoms with Crippen molar-refractivity contribution in [3.05, 3.63) is 0 Å². The molecule has 0 bridgehead atoms. The fraction of sp³-hybridized carbons (Fsp3) is 0.500. The molecule has 0 aliphatic heterocycles. The predicted octanol–water partition coefficient (Wildman–Crippen LogP) is -7.88. The number of aliphatic hydroxyl groups excluding tert-OH is 1. The summed E-state index contributed by atoms with van der Waals surface area (Å²) in [7, 11) is 0. The Morgan fingerprint density at radius 3 is 1.73 bits per heavy atom. The molecule has 1 N–H and O–H groups in total. The van der Waals surface area contributed by atoms with Crippen molar-refractivity contribution in [2.45, 2.75) is 12.5 Å². The summed E-state index contributed by atoms with van der Waals surface area (Å²) < 4.78 is 0. The minimum atomic E-state index is -1.38. The average molecular weight is 210 g/mol. The van der Waals surface area contributed by atoms with Gasteiger partial charge in [0.15, 0.2) is 0 Å². The maximum absolute atomic E-state index is 10.0. The molecule has 0 amide bonds. The third-order valence-corrected chi connectivity index (χ3v) is 1.07. The summed E-state index contributed by atoms with van der Waals surface area (Å²) >= 11 is 8.11. The average Bonchev–Trinajstić information content (AvgIpc) is 1.63. The van der Waals surface area contributed by atoms with Crippen LogP contribution in [-0.2, 0) is 0 Å². The first-order chi connectivity index (χ1) is 4.04. The summed E-state index contributed by atoms with van der Waals surface area (Å²) in [6, 6.07) is 0. The Kier molecular flexibility index (Phi) is 16.5. The van der Waals surface area contributed by atoms with Gasteiger partial charge in [-0.2, -0.15) is 0 Å². The van der Waals surface area contributed by atoms with E-state index in [1.807, 2.05) is 0 Å². The Hall–Kier alpha value is 1.74. The molecule has 0 aliphatic carbocycles. The quantitative estimate of drug-likeness (QED) is 0.370. The number of hydrogen-bond donors (Lipinski definition) is 1. The summed E-state index contributed by atoms with van der Waals surface area (Å²) in [5.74, 6) is 0. The Morgan fingerprint density at radius 1 is 1.27 bits per heavy atom. The van der Waals surface area contributed by atoms with Gasteiger partial charge in [-0.3, -0.25) is 0 Å². The smallest absolute Gasteiger partial charge is 0.867 e. The van der Waals surface area contributed by atoms with Crippen molar-refractivity contribution in [2.75, 3.05) is 0 Å². The van der Waals surface area contributed by atoms with Gasteiger partial charge in [0.2, 0.25) is 0 Å². The van der Waals surface area contributed by atoms with Gasteiger partial charge in [0.05, 0.1) is 6.10 Å². The van der Waals surface area contributed by atoms with Crippen LogP contribution in [-0.4, -0.2) is 21.3 Å². The van der Waals surface area contributed by atoms with Crippen molar-refractivity contribution in [1.82, 2.24) is 0 Å². The molecule has 0 aromatic carbocycles. The van der Waals surface area contributed by atoms with Crippen LogP contribution < -0.4 is 69.3 Å². The third-order valence-electron chi connectivity index (χ3n) is 0.632. The standard InChI is InChI=1S/C4H6O3S2.2Na/c5-2(4(7)9)1-3(6)8;;/h2,5H,1H2,(H,6,8)(H,7,9);;/q;2*+1/p-2. The van der Waals surface area contributed by atoms with Crippen LogP contribution in [0, 0.1) is 0 Å². The molecule has 0 spiro atoms. The normalized spacial score (nSPS) is 10.3. The summed E-state index contributed by atoms with van der Waals surface area (Å²) in [6.07, 6.45) is -1.73. The Bertz CT molecular complexity index is 141. The van der Waals surface area contributed by atoms with E-state index < -0.39 is 16.2 Å². The third kappa shape index (κ3) is 11.7. The number of aliphatic hydroxyl groups is 1. The van der Waals surface area contributed by atoms with Crippen molar-refractivity contribution in [2.24, 2.45) is 0 Å². The molecule has 0 heterocycles. The molecule has 0 saturated carbocycles. The van der Waals surface area contributed by atoms with Crippen LogP contribution in [0.25, 0.3) is 0 Å². The van der Waals surface area contributed by atoms with E-state index in [1.165, 1.54) is 0 Å². The summed E-state index contributed by atoms with van der Waals surface area (Å²) in [5.41, 5.74) is 0. The van der Waals surface area contributed by atoms with Crippen molar-refractivity contribution in [1.29, 1.82) is 0 Å². The zero-order valence-electron chi connectivity index (χ0n) is 6.36. The second kappa shape index (κ2) is 9.83. The van der Waals surface area contributed by atoms with Gasteiger partial charge in [0.25, 0.3) is 0 Å². The van der Waals surface area contributed by atoms with E-state index in [0.717, 1.165) is 0 Å². The number of thiocarbonyl (C=S) groups is 2. The second-order valence-electron chi connectivity index (χ2n) is 1.41. The minimum absolute atomic E-state index is 0. The van der Waals surface area contributed by atoms with E-state index in [4.69, 9.17) is 5.11 Å². The van der Waals surface area contributed by atoms with E-state index in [-0.39, 0.29) is 65.5 Å². The van der Waals surface area contributed by atoms with Crippen LogP contribution in [0.5, 0.6) is 0 Å². The molecule has 7 heteroatoms. The van der Waals surface area contributed by atoms with Crippen molar-refractivity contribution in [3.8, 4) is 0 Å². The maximum atomic E-state index is 10.0. The van der Waals surface area contributed by atoms with Crippen LogP contribution in [0.15, 0.2) is 0 Å². The van der Waals surface area contributed by atoms with Gasteiger partial charge in [-0.25, -0.2) is 0 Å². The Morgan fingerprint density at radius 2 is 1.64 bits per heavy atom. The molecule has 1 atom stereocenters. The first-order valence-corrected chi connectivity index (χ1v) is 2.94. The van der Waals surface area contributed by atoms with Crippen molar-refractivity contribution < 1.29 is 74.4 Å². The van der Waals surface area contributed by atoms with Gasteiger partial charge in [-0.15, -0.1) is 12.2 Å². The van der Waals surface area contributed by atoms with E-state index >= 15 is 0 Å². The topological polar surface area (TPSA) is 66.3 Å². The molecule has 3 nitrogen and oxygen atoms in total. The monoisotopic (exact) mass is 210 g/mol. The van der Waals surface area contributed by atoms with Gasteiger partial charge in [-0.05, 0) is 11.5 Å². The van der Waals surface area contributed by atoms with Gasteiger partial charge in [-0.1, -0.05) is 17.3 Å². The van der Waals surface area contributed by atoms with Crippen LogP contribution >= 0.6 is 24.4 Å². The van der Waals surface area contributed by atoms with Gasteiger partial charge < -0.3 is 15.3 Å². The molecule has 0 aromatic rings. The molecular formula is C4H4Na2O3S2. The molecule has 0 saturated heterocycles. The number of hydrogen-bond acceptors (Lipinski definition) is 5. The van der Waals surface area contributed by atoms with Crippen LogP contribution in [0.1, 0.15) is 6.42 Å². The first-order valence-electron chi connectivity index (χ1n) is 2.13. The Balaban J connectivity index is -0.000000320. The predicted molar refractivity (Wildman–Crippen MR) is 35.8 cm³/mol. The molecule has 1 unspecified atom stereocenters. The largest absolute Gasteiger partial charge is 1.00 e. The van der Waals surface area contributed by atoms with E-state index in [0.29, 0.717) is 0 Å². The molecule has 0 rings (SSSR count). The van der Waals surface area contributed by atoms with Gasteiger partial charge >= 0.3 is 59.1 Å². The van der Waals surface area contributed by atoms with Crippen LogP contribution in [0.3, 0.4) is 0 Å². The summed E-state index contributed by atoms with van der Waals surface area (Å²) in [5, 5.41) is 27.1. The Labute approximate surface area is 120 Å². The van der Waals surface area contributed by atoms with Crippen molar-refractivity contribution in [3.63, 3.8) is 0 Å². The fourth-order valence-corrected chi connectivity index (χ4v) is 0.482. The minimum Gasteiger partial charge on any atom is -0.867 e. The van der Waals surface area contributed by atoms with Gasteiger partial charge in [0, 0.05) is 0 Å². The van der Waals surface area contributed by atoms with Crippen molar-refractivity contribution >= 4 is 34.5 Å². The maximum Gasteiger partial charge on any atom is 1.00 e. The van der Waals surface area contributed by atoms with Crippen LogP contribution in [0.2, 0.25) is 0 Å². The molecule has 52 valence electrons. The first kappa shape index (κ1) is 18.5. The van der Waals surface area contributed by atoms with E-state index in [2.05, 4.69) is 24.4 Å². The zero-order valence-corrected chi connectivity index (χ0v) is 12.0. The summed E-state index contributed by atoms with van der Waals surface area (Å²) in [6.45, 7) is 0. The number of rotatable bonds is 3. The second-order valence-corrected chi connectivity index (χ2v) is 2.27. The summed E-state index contributed by atoms with van der Waals surface area (Å²) in [4.78, 5) is 0. The van der Waals surface area contributed by atoms with E-state index in [9.17, 15) is 10.2 Å². The molecule has 0 radical (unpaired) electrons. The fourth-order valence-electron chi connectivity index (χ4n) is 0.241. The van der Waals surface area contributed by atoms with E-state index in [1.54, 1.807) is 0 Å². The van der Waals surface area contributed by atoms with Crippen LogP contribution in [0.4, 0.5) is 0 Å². The zero-order chi connectivity index (χ0) is 7.44. The van der Waals surface area contributed by atoms with Gasteiger partial charge in [0.1, 0.15) is 0 Å².